The molecule has 1 N–H and O–H groups in total. The van der Waals surface area contributed by atoms with Gasteiger partial charge in [-0.25, -0.2) is 0 Å². The van der Waals surface area contributed by atoms with E-state index in [1.807, 2.05) is 13.8 Å². The fraction of sp³-hybridized carbons (Fsp3) is 0.409. The largest absolute Gasteiger partial charge is 0.492 e. The zero-order valence-electron chi connectivity index (χ0n) is 17.1. The van der Waals surface area contributed by atoms with Gasteiger partial charge in [-0.2, -0.15) is 0 Å². The van der Waals surface area contributed by atoms with E-state index in [0.29, 0.717) is 56.8 Å². The summed E-state index contributed by atoms with van der Waals surface area (Å²) < 4.78 is 33.8. The maximum atomic E-state index is 13.5. The van der Waals surface area contributed by atoms with Crippen molar-refractivity contribution in [3.8, 4) is 45.6 Å². The lowest BCUT2D eigenvalue weighted by atomic mass is 9.75. The molecule has 8 heteroatoms. The zero-order valence-corrected chi connectivity index (χ0v) is 17.1. The first kappa shape index (κ1) is 18.9. The van der Waals surface area contributed by atoms with Crippen molar-refractivity contribution in [2.24, 2.45) is 11.8 Å². The molecular formula is C22H22O8. The predicted octanol–water partition coefficient (Wildman–Crippen LogP) is 3.33. The maximum absolute atomic E-state index is 13.5. The van der Waals surface area contributed by atoms with Gasteiger partial charge in [0.1, 0.15) is 0 Å². The van der Waals surface area contributed by atoms with E-state index >= 15 is 0 Å². The second-order valence-corrected chi connectivity index (χ2v) is 7.63. The van der Waals surface area contributed by atoms with Crippen molar-refractivity contribution < 1.29 is 38.3 Å². The molecule has 0 radical (unpaired) electrons. The summed E-state index contributed by atoms with van der Waals surface area (Å²) in [5.74, 6) is 1.54. The summed E-state index contributed by atoms with van der Waals surface area (Å²) in [7, 11) is 3.01. The number of fused-ring (bicyclic) bond motifs is 5. The van der Waals surface area contributed by atoms with Crippen molar-refractivity contribution in [3.63, 3.8) is 0 Å². The minimum atomic E-state index is -0.939. The topological polar surface area (TPSA) is 92.7 Å². The normalized spacial score (nSPS) is 23.4. The van der Waals surface area contributed by atoms with Crippen LogP contribution in [0.15, 0.2) is 12.1 Å². The molecular weight excluding hydrogens is 392 g/mol. The number of hydrogen-bond acceptors (Lipinski definition) is 8. The van der Waals surface area contributed by atoms with E-state index in [0.717, 1.165) is 0 Å². The summed E-state index contributed by atoms with van der Waals surface area (Å²) in [6.45, 7) is 3.73. The number of Topliss-reactive ketones (excluding diaryl/α,β-unsaturated/α-hetero) is 1. The third-order valence-electron chi connectivity index (χ3n) is 6.21. The number of ketones is 1. The lowest BCUT2D eigenvalue weighted by Gasteiger charge is -2.31. The van der Waals surface area contributed by atoms with Crippen LogP contribution in [0.5, 0.6) is 34.5 Å². The number of aliphatic hydroxyl groups excluding tert-OH is 1. The molecule has 0 saturated heterocycles. The molecule has 1 aliphatic carbocycles. The Bertz CT molecular complexity index is 1060. The Morgan fingerprint density at radius 1 is 0.900 bits per heavy atom. The van der Waals surface area contributed by atoms with Gasteiger partial charge in [-0.1, -0.05) is 13.8 Å². The lowest BCUT2D eigenvalue weighted by Crippen LogP contribution is -2.27. The monoisotopic (exact) mass is 414 g/mol. The summed E-state index contributed by atoms with van der Waals surface area (Å²) in [5, 5.41) is 11.3. The van der Waals surface area contributed by atoms with Gasteiger partial charge >= 0.3 is 0 Å². The molecule has 3 atom stereocenters. The second-order valence-electron chi connectivity index (χ2n) is 7.63. The summed E-state index contributed by atoms with van der Waals surface area (Å²) in [6.07, 6.45) is -0.939. The van der Waals surface area contributed by atoms with Gasteiger partial charge in [0, 0.05) is 22.6 Å². The fourth-order valence-electron chi connectivity index (χ4n) is 4.41. The van der Waals surface area contributed by atoms with Crippen LogP contribution >= 0.6 is 0 Å². The molecule has 2 aromatic carbocycles. The van der Waals surface area contributed by atoms with E-state index in [9.17, 15) is 9.90 Å². The molecule has 2 aromatic rings. The van der Waals surface area contributed by atoms with Crippen LogP contribution in [0.25, 0.3) is 11.1 Å². The molecule has 2 heterocycles. The zero-order chi connectivity index (χ0) is 21.2. The van der Waals surface area contributed by atoms with Gasteiger partial charge in [0.2, 0.25) is 25.1 Å². The third-order valence-corrected chi connectivity index (χ3v) is 6.21. The number of hydrogen-bond donors (Lipinski definition) is 1. The van der Waals surface area contributed by atoms with Crippen LogP contribution in [0.1, 0.15) is 35.9 Å². The summed E-state index contributed by atoms with van der Waals surface area (Å²) >= 11 is 0. The van der Waals surface area contributed by atoms with E-state index in [1.165, 1.54) is 14.2 Å². The van der Waals surface area contributed by atoms with E-state index in [4.69, 9.17) is 28.4 Å². The van der Waals surface area contributed by atoms with Gasteiger partial charge in [0.05, 0.1) is 20.3 Å². The van der Waals surface area contributed by atoms with Gasteiger partial charge in [-0.05, 0) is 23.6 Å². The molecule has 0 spiro atoms. The highest BCUT2D eigenvalue weighted by Crippen LogP contribution is 2.58. The van der Waals surface area contributed by atoms with Crippen molar-refractivity contribution in [1.82, 2.24) is 0 Å². The van der Waals surface area contributed by atoms with E-state index in [-0.39, 0.29) is 25.3 Å². The number of carbonyl (C=O) groups excluding carboxylic acids is 1. The molecule has 3 aliphatic rings. The predicted molar refractivity (Wildman–Crippen MR) is 105 cm³/mol. The maximum Gasteiger partial charge on any atom is 0.231 e. The molecule has 0 unspecified atom stereocenters. The first-order valence-electron chi connectivity index (χ1n) is 9.71. The van der Waals surface area contributed by atoms with Crippen LogP contribution < -0.4 is 28.4 Å². The van der Waals surface area contributed by atoms with Crippen LogP contribution in [0, 0.1) is 11.8 Å². The molecule has 8 nitrogen and oxygen atoms in total. The van der Waals surface area contributed by atoms with E-state index in [1.54, 1.807) is 12.1 Å². The first-order chi connectivity index (χ1) is 14.5. The number of benzene rings is 2. The molecule has 0 bridgehead atoms. The number of aliphatic hydroxyl groups is 1. The Morgan fingerprint density at radius 3 is 2.07 bits per heavy atom. The summed E-state index contributed by atoms with van der Waals surface area (Å²) in [4.78, 5) is 13.5. The Labute approximate surface area is 173 Å². The van der Waals surface area contributed by atoms with Crippen LogP contribution in [0.3, 0.4) is 0 Å². The van der Waals surface area contributed by atoms with E-state index < -0.39 is 12.0 Å². The first-order valence-corrected chi connectivity index (χ1v) is 9.71. The number of carbonyl (C=O) groups is 1. The van der Waals surface area contributed by atoms with Gasteiger partial charge in [0.15, 0.2) is 28.8 Å². The number of rotatable bonds is 2. The van der Waals surface area contributed by atoms with Gasteiger partial charge < -0.3 is 33.5 Å². The van der Waals surface area contributed by atoms with Gasteiger partial charge in [0.25, 0.3) is 0 Å². The smallest absolute Gasteiger partial charge is 0.231 e. The van der Waals surface area contributed by atoms with Gasteiger partial charge in [-0.3, -0.25) is 4.79 Å². The highest BCUT2D eigenvalue weighted by Gasteiger charge is 2.41. The Hall–Kier alpha value is -3.13. The minimum Gasteiger partial charge on any atom is -0.492 e. The number of ether oxygens (including phenoxy) is 6. The van der Waals surface area contributed by atoms with Crippen LogP contribution in [-0.4, -0.2) is 38.7 Å². The lowest BCUT2D eigenvalue weighted by molar-refractivity contribution is 0.0650. The molecule has 158 valence electrons. The Balaban J connectivity index is 1.95. The van der Waals surface area contributed by atoms with Crippen molar-refractivity contribution in [3.05, 3.63) is 23.3 Å². The Kier molecular flexibility index (Phi) is 4.21. The molecule has 0 amide bonds. The van der Waals surface area contributed by atoms with Crippen molar-refractivity contribution >= 4 is 5.78 Å². The highest BCUT2D eigenvalue weighted by molar-refractivity contribution is 6.08. The molecule has 30 heavy (non-hydrogen) atoms. The average molecular weight is 414 g/mol. The average Bonchev–Trinajstić information content (AvgIpc) is 3.42. The van der Waals surface area contributed by atoms with Crippen molar-refractivity contribution in [2.45, 2.75) is 20.0 Å². The van der Waals surface area contributed by atoms with Crippen LogP contribution in [0.4, 0.5) is 0 Å². The quantitative estimate of drug-likeness (QED) is 0.800. The van der Waals surface area contributed by atoms with Crippen molar-refractivity contribution in [1.29, 1.82) is 0 Å². The van der Waals surface area contributed by atoms with Gasteiger partial charge in [-0.15, -0.1) is 0 Å². The highest BCUT2D eigenvalue weighted by atomic mass is 16.7. The number of methoxy groups -OCH3 is 2. The molecule has 2 aliphatic heterocycles. The standard InChI is InChI=1S/C22H22O8/c1-9-10(2)18(24)12-6-14-20(30-8-28-14)22(26-4)16(12)15-11(17(9)23)5-13-19(21(15)25-3)29-7-27-13/h5-6,9-10,17,23H,7-8H2,1-4H3/t9-,10-,17+/m1/s1. The third kappa shape index (κ3) is 2.40. The molecule has 0 fully saturated rings. The molecule has 0 aromatic heterocycles. The summed E-state index contributed by atoms with van der Waals surface area (Å²) in [6, 6.07) is 3.43. The van der Waals surface area contributed by atoms with E-state index in [2.05, 4.69) is 0 Å². The van der Waals surface area contributed by atoms with Crippen molar-refractivity contribution in [2.75, 3.05) is 27.8 Å². The summed E-state index contributed by atoms with van der Waals surface area (Å²) in [5.41, 5.74) is 1.99. The SMILES string of the molecule is COc1c2c(cc3c1-c1c(cc4c(c1OC)OCO4)[C@@H](O)[C@H](C)[C@@H](C)C3=O)OCO2. The molecule has 5 rings (SSSR count). The second kappa shape index (κ2) is 6.70. The fourth-order valence-corrected chi connectivity index (χ4v) is 4.41. The van der Waals surface area contributed by atoms with Crippen LogP contribution in [-0.2, 0) is 0 Å². The van der Waals surface area contributed by atoms with Crippen LogP contribution in [0.2, 0.25) is 0 Å². The molecule has 0 saturated carbocycles. The Morgan fingerprint density at radius 2 is 1.47 bits per heavy atom. The minimum absolute atomic E-state index is 0.0302.